The lowest BCUT2D eigenvalue weighted by atomic mass is 10.2. The van der Waals surface area contributed by atoms with Crippen molar-refractivity contribution in [2.75, 3.05) is 18.0 Å². The number of anilines is 1. The molecule has 0 bridgehead atoms. The summed E-state index contributed by atoms with van der Waals surface area (Å²) >= 11 is 5.98. The lowest BCUT2D eigenvalue weighted by Gasteiger charge is -2.23. The number of carbonyl (C=O) groups is 1. The minimum atomic E-state index is -3.73. The SMILES string of the molecule is CCN(c1ccc(Cl)c(C(=O)OC)c1)S(=O)(=O)c1ccccc1. The Hall–Kier alpha value is -2.05. The van der Waals surface area contributed by atoms with Crippen molar-refractivity contribution in [2.24, 2.45) is 0 Å². The van der Waals surface area contributed by atoms with E-state index < -0.39 is 16.0 Å². The van der Waals surface area contributed by atoms with E-state index in [2.05, 4.69) is 4.74 Å². The molecule has 0 saturated carbocycles. The monoisotopic (exact) mass is 353 g/mol. The Morgan fingerprint density at radius 2 is 1.83 bits per heavy atom. The van der Waals surface area contributed by atoms with Crippen molar-refractivity contribution in [2.45, 2.75) is 11.8 Å². The Balaban J connectivity index is 2.52. The Morgan fingerprint density at radius 1 is 1.17 bits per heavy atom. The van der Waals surface area contributed by atoms with Gasteiger partial charge in [0.05, 0.1) is 28.3 Å². The molecule has 0 heterocycles. The normalized spacial score (nSPS) is 11.1. The Kier molecular flexibility index (Phi) is 5.28. The van der Waals surface area contributed by atoms with Gasteiger partial charge in [-0.1, -0.05) is 29.8 Å². The summed E-state index contributed by atoms with van der Waals surface area (Å²) in [5, 5.41) is 0.203. The maximum Gasteiger partial charge on any atom is 0.339 e. The van der Waals surface area contributed by atoms with Crippen molar-refractivity contribution >= 4 is 33.3 Å². The fourth-order valence-electron chi connectivity index (χ4n) is 2.15. The third-order valence-electron chi connectivity index (χ3n) is 3.26. The van der Waals surface area contributed by atoms with Crippen LogP contribution in [0.1, 0.15) is 17.3 Å². The van der Waals surface area contributed by atoms with Crippen LogP contribution in [0.4, 0.5) is 5.69 Å². The molecule has 0 aliphatic rings. The van der Waals surface area contributed by atoms with Crippen LogP contribution in [-0.2, 0) is 14.8 Å². The first-order chi connectivity index (χ1) is 10.9. The molecule has 23 heavy (non-hydrogen) atoms. The maximum atomic E-state index is 12.8. The number of hydrogen-bond donors (Lipinski definition) is 0. The zero-order chi connectivity index (χ0) is 17.0. The molecular weight excluding hydrogens is 338 g/mol. The molecule has 2 aromatic carbocycles. The van der Waals surface area contributed by atoms with E-state index in [1.807, 2.05) is 0 Å². The summed E-state index contributed by atoms with van der Waals surface area (Å²) in [6.07, 6.45) is 0. The van der Waals surface area contributed by atoms with E-state index in [0.29, 0.717) is 5.69 Å². The molecule has 5 nitrogen and oxygen atoms in total. The molecular formula is C16H16ClNO4S. The number of benzene rings is 2. The molecule has 0 fully saturated rings. The highest BCUT2D eigenvalue weighted by Gasteiger charge is 2.24. The van der Waals surface area contributed by atoms with Crippen molar-refractivity contribution in [3.8, 4) is 0 Å². The van der Waals surface area contributed by atoms with Crippen LogP contribution < -0.4 is 4.31 Å². The lowest BCUT2D eigenvalue weighted by Crippen LogP contribution is -2.31. The summed E-state index contributed by atoms with van der Waals surface area (Å²) in [5.74, 6) is -0.620. The minimum Gasteiger partial charge on any atom is -0.465 e. The van der Waals surface area contributed by atoms with Gasteiger partial charge in [0.15, 0.2) is 0 Å². The smallest absolute Gasteiger partial charge is 0.339 e. The molecule has 0 aliphatic carbocycles. The number of ether oxygens (including phenoxy) is 1. The molecule has 0 aromatic heterocycles. The third-order valence-corrected chi connectivity index (χ3v) is 5.51. The molecule has 0 unspecified atom stereocenters. The fraction of sp³-hybridized carbons (Fsp3) is 0.188. The van der Waals surface area contributed by atoms with Crippen LogP contribution in [0.5, 0.6) is 0 Å². The highest BCUT2D eigenvalue weighted by Crippen LogP contribution is 2.28. The van der Waals surface area contributed by atoms with Crippen molar-refractivity contribution < 1.29 is 17.9 Å². The second kappa shape index (κ2) is 7.02. The number of esters is 1. The van der Waals surface area contributed by atoms with Crippen LogP contribution in [0.2, 0.25) is 5.02 Å². The van der Waals surface area contributed by atoms with Gasteiger partial charge in [-0.3, -0.25) is 4.31 Å². The second-order valence-corrected chi connectivity index (χ2v) is 6.91. The average Bonchev–Trinajstić information content (AvgIpc) is 2.57. The van der Waals surface area contributed by atoms with E-state index >= 15 is 0 Å². The third kappa shape index (κ3) is 3.48. The van der Waals surface area contributed by atoms with Crippen LogP contribution in [0, 0.1) is 0 Å². The second-order valence-electron chi connectivity index (χ2n) is 4.64. The molecule has 0 spiro atoms. The fourth-order valence-corrected chi connectivity index (χ4v) is 3.83. The maximum absolute atomic E-state index is 12.8. The van der Waals surface area contributed by atoms with E-state index in [1.54, 1.807) is 31.2 Å². The largest absolute Gasteiger partial charge is 0.465 e. The summed E-state index contributed by atoms with van der Waals surface area (Å²) < 4.78 is 31.4. The van der Waals surface area contributed by atoms with Gasteiger partial charge < -0.3 is 4.74 Å². The Morgan fingerprint density at radius 3 is 2.39 bits per heavy atom. The van der Waals surface area contributed by atoms with Gasteiger partial charge in [-0.05, 0) is 37.3 Å². The van der Waals surface area contributed by atoms with Crippen LogP contribution in [0.15, 0.2) is 53.4 Å². The molecule has 0 radical (unpaired) electrons. The first kappa shape index (κ1) is 17.3. The van der Waals surface area contributed by atoms with Gasteiger partial charge in [0.25, 0.3) is 10.0 Å². The van der Waals surface area contributed by atoms with Gasteiger partial charge in [-0.2, -0.15) is 0 Å². The molecule has 122 valence electrons. The van der Waals surface area contributed by atoms with Crippen LogP contribution in [-0.4, -0.2) is 28.0 Å². The number of nitrogens with zero attached hydrogens (tertiary/aromatic N) is 1. The predicted molar refractivity (Wildman–Crippen MR) is 89.4 cm³/mol. The first-order valence-corrected chi connectivity index (χ1v) is 8.69. The number of carbonyl (C=O) groups excluding carboxylic acids is 1. The molecule has 7 heteroatoms. The molecule has 2 aromatic rings. The minimum absolute atomic E-state index is 0.119. The van der Waals surface area contributed by atoms with E-state index in [0.717, 1.165) is 0 Å². The predicted octanol–water partition coefficient (Wildman–Crippen LogP) is 3.34. The van der Waals surface area contributed by atoms with Gasteiger partial charge in [0.2, 0.25) is 0 Å². The molecule has 0 atom stereocenters. The Labute approximate surface area is 140 Å². The van der Waals surface area contributed by atoms with E-state index in [9.17, 15) is 13.2 Å². The molecule has 0 saturated heterocycles. The van der Waals surface area contributed by atoms with Crippen molar-refractivity contribution in [3.05, 3.63) is 59.1 Å². The summed E-state index contributed by atoms with van der Waals surface area (Å²) in [4.78, 5) is 11.9. The van der Waals surface area contributed by atoms with Crippen molar-refractivity contribution in [1.29, 1.82) is 0 Å². The van der Waals surface area contributed by atoms with Crippen LogP contribution >= 0.6 is 11.6 Å². The first-order valence-electron chi connectivity index (χ1n) is 6.87. The summed E-state index contributed by atoms with van der Waals surface area (Å²) in [6.45, 7) is 1.92. The summed E-state index contributed by atoms with van der Waals surface area (Å²) in [7, 11) is -2.49. The van der Waals surface area contributed by atoms with Gasteiger partial charge >= 0.3 is 5.97 Å². The number of hydrogen-bond acceptors (Lipinski definition) is 4. The molecule has 0 N–H and O–H groups in total. The standard InChI is InChI=1S/C16H16ClNO4S/c1-3-18(23(20,21)13-7-5-4-6-8-13)12-9-10-15(17)14(11-12)16(19)22-2/h4-11H,3H2,1-2H3. The topological polar surface area (TPSA) is 63.7 Å². The van der Waals surface area contributed by atoms with Gasteiger partial charge in [-0.25, -0.2) is 13.2 Å². The van der Waals surface area contributed by atoms with Crippen molar-refractivity contribution in [1.82, 2.24) is 0 Å². The summed E-state index contributed by atoms with van der Waals surface area (Å²) in [5.41, 5.74) is 0.467. The average molecular weight is 354 g/mol. The lowest BCUT2D eigenvalue weighted by molar-refractivity contribution is 0.0601. The van der Waals surface area contributed by atoms with E-state index in [-0.39, 0.29) is 22.0 Å². The molecule has 0 amide bonds. The van der Waals surface area contributed by atoms with Gasteiger partial charge in [0.1, 0.15) is 0 Å². The van der Waals surface area contributed by atoms with E-state index in [4.69, 9.17) is 11.6 Å². The van der Waals surface area contributed by atoms with Crippen molar-refractivity contribution in [3.63, 3.8) is 0 Å². The number of rotatable bonds is 5. The zero-order valence-electron chi connectivity index (χ0n) is 12.7. The number of sulfonamides is 1. The number of methoxy groups -OCH3 is 1. The summed E-state index contributed by atoms with van der Waals surface area (Å²) in [6, 6.07) is 12.5. The quantitative estimate of drug-likeness (QED) is 0.773. The number of halogens is 1. The van der Waals surface area contributed by atoms with E-state index in [1.165, 1.54) is 35.7 Å². The van der Waals surface area contributed by atoms with Gasteiger partial charge in [-0.15, -0.1) is 0 Å². The highest BCUT2D eigenvalue weighted by molar-refractivity contribution is 7.92. The van der Waals surface area contributed by atoms with Crippen LogP contribution in [0.25, 0.3) is 0 Å². The molecule has 2 rings (SSSR count). The van der Waals surface area contributed by atoms with Crippen LogP contribution in [0.3, 0.4) is 0 Å². The van der Waals surface area contributed by atoms with Gasteiger partial charge in [0, 0.05) is 6.54 Å². The highest BCUT2D eigenvalue weighted by atomic mass is 35.5. The molecule has 0 aliphatic heterocycles. The zero-order valence-corrected chi connectivity index (χ0v) is 14.3. The Bertz CT molecular complexity index is 806.